The molecule has 4 rings (SSSR count). The molecule has 1 saturated carbocycles. The van der Waals surface area contributed by atoms with Crippen LogP contribution in [0.15, 0.2) is 24.4 Å². The minimum atomic E-state index is -0.0338. The summed E-state index contributed by atoms with van der Waals surface area (Å²) in [6.45, 7) is 1.38. The first-order chi connectivity index (χ1) is 13.1. The van der Waals surface area contributed by atoms with Crippen molar-refractivity contribution in [3.8, 4) is 5.75 Å². The Morgan fingerprint density at radius 3 is 2.57 bits per heavy atom. The molecule has 0 radical (unpaired) electrons. The molecule has 0 unspecified atom stereocenters. The first-order valence-electron chi connectivity index (χ1n) is 9.76. The van der Waals surface area contributed by atoms with E-state index >= 15 is 0 Å². The number of fused-ring (bicyclic) bond motifs is 1. The molecule has 2 aromatic rings. The van der Waals surface area contributed by atoms with Crippen molar-refractivity contribution in [2.75, 3.05) is 20.2 Å². The van der Waals surface area contributed by atoms with Crippen molar-refractivity contribution >= 4 is 18.3 Å². The maximum atomic E-state index is 12.9. The highest BCUT2D eigenvalue weighted by Gasteiger charge is 2.25. The Morgan fingerprint density at radius 1 is 1.14 bits per heavy atom. The van der Waals surface area contributed by atoms with Crippen LogP contribution in [0.5, 0.6) is 5.75 Å². The summed E-state index contributed by atoms with van der Waals surface area (Å²) in [5, 5.41) is 8.39. The number of carbonyl (C=O) groups excluding carboxylic acids is 1. The molecule has 1 aliphatic heterocycles. The van der Waals surface area contributed by atoms with E-state index in [9.17, 15) is 4.79 Å². The molecule has 1 aromatic heterocycles. The summed E-state index contributed by atoms with van der Waals surface area (Å²) in [6, 6.07) is 6.76. The van der Waals surface area contributed by atoms with Crippen molar-refractivity contribution < 1.29 is 9.53 Å². The fraction of sp³-hybridized carbons (Fsp3) is 0.550. The van der Waals surface area contributed by atoms with Gasteiger partial charge in [-0.2, -0.15) is 0 Å². The van der Waals surface area contributed by atoms with Crippen LogP contribution in [0.25, 0.3) is 0 Å². The lowest BCUT2D eigenvalue weighted by Crippen LogP contribution is -2.33. The molecular formula is C20H28ClN5O2. The number of amides is 1. The van der Waals surface area contributed by atoms with Crippen molar-refractivity contribution in [3.63, 3.8) is 0 Å². The van der Waals surface area contributed by atoms with Gasteiger partial charge in [-0.1, -0.05) is 11.3 Å². The Bertz CT molecular complexity index is 817. The second-order valence-corrected chi connectivity index (χ2v) is 7.58. The third-order valence-corrected chi connectivity index (χ3v) is 5.85. The van der Waals surface area contributed by atoms with Crippen molar-refractivity contribution in [1.82, 2.24) is 19.9 Å². The first-order valence-corrected chi connectivity index (χ1v) is 9.76. The lowest BCUT2D eigenvalue weighted by molar-refractivity contribution is 0.0757. The quantitative estimate of drug-likeness (QED) is 0.847. The van der Waals surface area contributed by atoms with Gasteiger partial charge >= 0.3 is 0 Å². The normalized spacial score (nSPS) is 22.0. The molecule has 1 aromatic carbocycles. The van der Waals surface area contributed by atoms with Gasteiger partial charge in [0.2, 0.25) is 0 Å². The Hall–Kier alpha value is -2.12. The number of hydrogen-bond acceptors (Lipinski definition) is 5. The van der Waals surface area contributed by atoms with Crippen LogP contribution >= 0.6 is 12.4 Å². The van der Waals surface area contributed by atoms with E-state index in [1.165, 1.54) is 11.1 Å². The molecular weight excluding hydrogens is 378 g/mol. The molecule has 1 aliphatic carbocycles. The summed E-state index contributed by atoms with van der Waals surface area (Å²) in [5.74, 6) is 0.831. The number of halogens is 1. The fourth-order valence-corrected chi connectivity index (χ4v) is 4.11. The number of rotatable bonds is 3. The highest BCUT2D eigenvalue weighted by molar-refractivity contribution is 5.92. The van der Waals surface area contributed by atoms with Crippen LogP contribution in [-0.4, -0.2) is 52.0 Å². The van der Waals surface area contributed by atoms with E-state index in [4.69, 9.17) is 10.5 Å². The fourth-order valence-electron chi connectivity index (χ4n) is 4.11. The van der Waals surface area contributed by atoms with Gasteiger partial charge in [-0.3, -0.25) is 4.79 Å². The smallest absolute Gasteiger partial charge is 0.276 e. The van der Waals surface area contributed by atoms with E-state index in [0.717, 1.165) is 44.3 Å². The summed E-state index contributed by atoms with van der Waals surface area (Å²) >= 11 is 0. The van der Waals surface area contributed by atoms with Gasteiger partial charge in [-0.15, -0.1) is 17.5 Å². The average Bonchev–Trinajstić information content (AvgIpc) is 3.09. The van der Waals surface area contributed by atoms with Gasteiger partial charge in [0, 0.05) is 19.1 Å². The number of methoxy groups -OCH3 is 1. The zero-order valence-electron chi connectivity index (χ0n) is 16.2. The van der Waals surface area contributed by atoms with E-state index < -0.39 is 0 Å². The van der Waals surface area contributed by atoms with E-state index in [1.807, 2.05) is 21.8 Å². The molecule has 7 nitrogen and oxygen atoms in total. The summed E-state index contributed by atoms with van der Waals surface area (Å²) in [7, 11) is 1.68. The Balaban J connectivity index is 0.00000225. The summed E-state index contributed by atoms with van der Waals surface area (Å²) in [5.41, 5.74) is 8.96. The molecule has 1 fully saturated rings. The van der Waals surface area contributed by atoms with Crippen molar-refractivity contribution in [1.29, 1.82) is 0 Å². The van der Waals surface area contributed by atoms with Gasteiger partial charge in [-0.05, 0) is 61.8 Å². The third-order valence-electron chi connectivity index (χ3n) is 5.85. The molecule has 0 spiro atoms. The van der Waals surface area contributed by atoms with Gasteiger partial charge in [0.1, 0.15) is 5.75 Å². The number of ether oxygens (including phenoxy) is 1. The van der Waals surface area contributed by atoms with Gasteiger partial charge in [-0.25, -0.2) is 4.68 Å². The molecule has 8 heteroatoms. The Labute approximate surface area is 171 Å². The van der Waals surface area contributed by atoms with Gasteiger partial charge in [0.25, 0.3) is 5.91 Å². The number of aromatic nitrogens is 3. The standard InChI is InChI=1S/C20H27N5O2.ClH/c1-27-18-7-2-14-8-10-24(11-9-15(14)12-18)20(26)19-13-25(23-22-19)17-5-3-16(21)4-6-17;/h2,7,12-13,16-17H,3-6,8-11,21H2,1H3;1H. The van der Waals surface area contributed by atoms with Crippen LogP contribution in [0.1, 0.15) is 53.3 Å². The highest BCUT2D eigenvalue weighted by atomic mass is 35.5. The molecule has 2 heterocycles. The second-order valence-electron chi connectivity index (χ2n) is 7.58. The number of nitrogens with zero attached hydrogens (tertiary/aromatic N) is 4. The Kier molecular flexibility index (Phi) is 6.57. The van der Waals surface area contributed by atoms with Crippen LogP contribution in [0.4, 0.5) is 0 Å². The van der Waals surface area contributed by atoms with Crippen LogP contribution in [0.3, 0.4) is 0 Å². The molecule has 0 atom stereocenters. The van der Waals surface area contributed by atoms with Crippen molar-refractivity contribution in [2.45, 2.75) is 50.6 Å². The summed E-state index contributed by atoms with van der Waals surface area (Å²) in [6.07, 6.45) is 7.49. The van der Waals surface area contributed by atoms with Crippen LogP contribution in [0.2, 0.25) is 0 Å². The predicted molar refractivity (Wildman–Crippen MR) is 109 cm³/mol. The lowest BCUT2D eigenvalue weighted by atomic mass is 9.92. The van der Waals surface area contributed by atoms with Gasteiger partial charge < -0.3 is 15.4 Å². The minimum Gasteiger partial charge on any atom is -0.497 e. The van der Waals surface area contributed by atoms with E-state index in [-0.39, 0.29) is 18.3 Å². The Morgan fingerprint density at radius 2 is 1.86 bits per heavy atom. The van der Waals surface area contributed by atoms with E-state index in [0.29, 0.717) is 30.9 Å². The molecule has 28 heavy (non-hydrogen) atoms. The van der Waals surface area contributed by atoms with Gasteiger partial charge in [0.05, 0.1) is 19.3 Å². The monoisotopic (exact) mass is 405 g/mol. The molecule has 1 amide bonds. The molecule has 2 N–H and O–H groups in total. The number of carbonyl (C=O) groups is 1. The number of nitrogens with two attached hydrogens (primary N) is 1. The summed E-state index contributed by atoms with van der Waals surface area (Å²) < 4.78 is 7.18. The molecule has 152 valence electrons. The highest BCUT2D eigenvalue weighted by Crippen LogP contribution is 2.27. The lowest BCUT2D eigenvalue weighted by Gasteiger charge is -2.25. The zero-order valence-corrected chi connectivity index (χ0v) is 17.0. The van der Waals surface area contributed by atoms with E-state index in [1.54, 1.807) is 7.11 Å². The van der Waals surface area contributed by atoms with Crippen LogP contribution in [0, 0.1) is 0 Å². The third kappa shape index (κ3) is 4.31. The molecule has 2 aliphatic rings. The second kappa shape index (κ2) is 8.92. The van der Waals surface area contributed by atoms with E-state index in [2.05, 4.69) is 22.4 Å². The van der Waals surface area contributed by atoms with Crippen molar-refractivity contribution in [3.05, 3.63) is 41.2 Å². The predicted octanol–water partition coefficient (Wildman–Crippen LogP) is 2.39. The SMILES string of the molecule is COc1ccc2c(c1)CCN(C(=O)c1cn(C3CCC(N)CC3)nn1)CC2.Cl. The average molecular weight is 406 g/mol. The van der Waals surface area contributed by atoms with Crippen LogP contribution in [-0.2, 0) is 12.8 Å². The van der Waals surface area contributed by atoms with Crippen LogP contribution < -0.4 is 10.5 Å². The number of benzene rings is 1. The van der Waals surface area contributed by atoms with Gasteiger partial charge in [0.15, 0.2) is 5.69 Å². The molecule has 0 bridgehead atoms. The molecule has 0 saturated heterocycles. The number of hydrogen-bond donors (Lipinski definition) is 1. The van der Waals surface area contributed by atoms with Crippen molar-refractivity contribution in [2.24, 2.45) is 5.73 Å². The minimum absolute atomic E-state index is 0. The largest absolute Gasteiger partial charge is 0.497 e. The summed E-state index contributed by atoms with van der Waals surface area (Å²) in [4.78, 5) is 14.8. The topological polar surface area (TPSA) is 86.3 Å². The maximum absolute atomic E-state index is 12.9. The first kappa shape index (κ1) is 20.6. The maximum Gasteiger partial charge on any atom is 0.276 e. The zero-order chi connectivity index (χ0) is 18.8.